The molecule has 0 aliphatic heterocycles. The number of rotatable bonds is 10. The molecule has 0 spiro atoms. The van der Waals surface area contributed by atoms with Crippen LogP contribution in [0.1, 0.15) is 46.7 Å². The second-order valence-corrected chi connectivity index (χ2v) is 9.24. The lowest BCUT2D eigenvalue weighted by Gasteiger charge is -2.30. The number of nitrogens with two attached hydrogens (primary N) is 1. The minimum absolute atomic E-state index is 0.0774. The van der Waals surface area contributed by atoms with E-state index in [1.807, 2.05) is 0 Å². The molecule has 1 aliphatic carbocycles. The third-order valence-electron chi connectivity index (χ3n) is 6.73. The number of nitrogens with one attached hydrogen (secondary N) is 1. The summed E-state index contributed by atoms with van der Waals surface area (Å²) in [6.07, 6.45) is -5.09. The largest absolute Gasteiger partial charge is 0.395 e. The molecule has 0 saturated heterocycles. The second-order valence-electron chi connectivity index (χ2n) is 9.24. The minimum Gasteiger partial charge on any atom is -0.366 e. The van der Waals surface area contributed by atoms with Crippen LogP contribution in [0.3, 0.4) is 0 Å². The van der Waals surface area contributed by atoms with Crippen molar-refractivity contribution >= 4 is 11.8 Å². The molecule has 1 fully saturated rings. The fourth-order valence-corrected chi connectivity index (χ4v) is 4.41. The van der Waals surface area contributed by atoms with Crippen LogP contribution in [0.4, 0.5) is 22.0 Å². The van der Waals surface area contributed by atoms with E-state index in [2.05, 4.69) is 5.32 Å². The van der Waals surface area contributed by atoms with Gasteiger partial charge in [0.25, 0.3) is 5.91 Å². The third kappa shape index (κ3) is 5.98. The summed E-state index contributed by atoms with van der Waals surface area (Å²) < 4.78 is 70.2. The molecule has 0 heterocycles. The van der Waals surface area contributed by atoms with Crippen molar-refractivity contribution in [1.29, 1.82) is 0 Å². The molecule has 2 atom stereocenters. The molecule has 5 nitrogen and oxygen atoms in total. The monoisotopic (exact) mass is 497 g/mol. The summed E-state index contributed by atoms with van der Waals surface area (Å²) in [5.41, 5.74) is 3.20. The number of alkyl halides is 3. The minimum atomic E-state index is -4.56. The summed E-state index contributed by atoms with van der Waals surface area (Å²) >= 11 is 0. The van der Waals surface area contributed by atoms with Gasteiger partial charge in [0.2, 0.25) is 5.91 Å². The molecule has 3 N–H and O–H groups in total. The van der Waals surface area contributed by atoms with Gasteiger partial charge in [-0.15, -0.1) is 0 Å². The molecule has 1 aliphatic rings. The highest BCUT2D eigenvalue weighted by atomic mass is 19.4. The smallest absolute Gasteiger partial charge is 0.366 e. The van der Waals surface area contributed by atoms with Crippen molar-refractivity contribution in [2.45, 2.75) is 43.8 Å². The highest BCUT2D eigenvalue weighted by Crippen LogP contribution is 2.66. The number of carbonyl (C=O) groups is 2. The van der Waals surface area contributed by atoms with E-state index >= 15 is 0 Å². The maximum atomic E-state index is 14.4. The standard InChI is InChI=1S/C25H28F5N3O2/c1-33(2)16(11-15-7-8-18(23(31)35)21(27)12-15)14-32-22(34)13-19(17-5-3-4-6-20(17)26)24(9-10-24)25(28,29)30/h3-8,12,16,19H,9-11,13-14H2,1-2H3,(H2,31,35)(H,32,34)/t16-,19-/m0/s1. The number of likely N-dealkylation sites (N-methyl/N-ethyl adjacent to an activating group) is 1. The number of hydrogen-bond acceptors (Lipinski definition) is 3. The normalized spacial score (nSPS) is 16.6. The van der Waals surface area contributed by atoms with Crippen molar-refractivity contribution in [3.63, 3.8) is 0 Å². The van der Waals surface area contributed by atoms with E-state index in [0.717, 1.165) is 6.07 Å². The Balaban J connectivity index is 1.72. The number of nitrogens with zero attached hydrogens (tertiary/aromatic N) is 1. The lowest BCUT2D eigenvalue weighted by Crippen LogP contribution is -2.43. The van der Waals surface area contributed by atoms with Crippen LogP contribution in [-0.4, -0.2) is 49.6 Å². The Morgan fingerprint density at radius 1 is 1.09 bits per heavy atom. The summed E-state index contributed by atoms with van der Waals surface area (Å²) in [4.78, 5) is 25.8. The van der Waals surface area contributed by atoms with Gasteiger partial charge in [0.15, 0.2) is 0 Å². The molecular formula is C25H28F5N3O2. The zero-order chi connectivity index (χ0) is 26.0. The van der Waals surface area contributed by atoms with E-state index in [1.54, 1.807) is 25.1 Å². The van der Waals surface area contributed by atoms with Crippen LogP contribution in [0.15, 0.2) is 42.5 Å². The van der Waals surface area contributed by atoms with Crippen LogP contribution < -0.4 is 11.1 Å². The van der Waals surface area contributed by atoms with E-state index in [1.165, 1.54) is 30.3 Å². The summed E-state index contributed by atoms with van der Waals surface area (Å²) in [5.74, 6) is -4.38. The van der Waals surface area contributed by atoms with Crippen LogP contribution >= 0.6 is 0 Å². The van der Waals surface area contributed by atoms with Gasteiger partial charge in [-0.25, -0.2) is 8.78 Å². The average molecular weight is 498 g/mol. The molecule has 3 rings (SSSR count). The molecule has 35 heavy (non-hydrogen) atoms. The Morgan fingerprint density at radius 2 is 1.74 bits per heavy atom. The lowest BCUT2D eigenvalue weighted by molar-refractivity contribution is -0.195. The van der Waals surface area contributed by atoms with Gasteiger partial charge in [0.1, 0.15) is 11.6 Å². The Morgan fingerprint density at radius 3 is 2.26 bits per heavy atom. The fourth-order valence-electron chi connectivity index (χ4n) is 4.41. The molecule has 0 aromatic heterocycles. The van der Waals surface area contributed by atoms with Gasteiger partial charge in [-0.1, -0.05) is 24.3 Å². The summed E-state index contributed by atoms with van der Waals surface area (Å²) in [7, 11) is 3.49. The van der Waals surface area contributed by atoms with Gasteiger partial charge < -0.3 is 16.0 Å². The third-order valence-corrected chi connectivity index (χ3v) is 6.73. The van der Waals surface area contributed by atoms with Crippen LogP contribution in [0.2, 0.25) is 0 Å². The second kappa shape index (κ2) is 10.3. The van der Waals surface area contributed by atoms with Gasteiger partial charge in [-0.05, 0) is 62.7 Å². The highest BCUT2D eigenvalue weighted by molar-refractivity contribution is 5.93. The van der Waals surface area contributed by atoms with Crippen molar-refractivity contribution in [2.24, 2.45) is 11.1 Å². The number of amides is 2. The first-order valence-corrected chi connectivity index (χ1v) is 11.2. The molecule has 2 aromatic rings. The van der Waals surface area contributed by atoms with Crippen molar-refractivity contribution in [2.75, 3.05) is 20.6 Å². The van der Waals surface area contributed by atoms with Crippen molar-refractivity contribution in [1.82, 2.24) is 10.2 Å². The van der Waals surface area contributed by atoms with Crippen LogP contribution in [0.25, 0.3) is 0 Å². The average Bonchev–Trinajstić information content (AvgIpc) is 3.57. The summed E-state index contributed by atoms with van der Waals surface area (Å²) in [6, 6.07) is 8.95. The highest BCUT2D eigenvalue weighted by Gasteiger charge is 2.67. The fraction of sp³-hybridized carbons (Fsp3) is 0.440. The first kappa shape index (κ1) is 26.6. The molecule has 1 saturated carbocycles. The van der Waals surface area contributed by atoms with Crippen molar-refractivity contribution < 1.29 is 31.5 Å². The Labute approximate surface area is 200 Å². The lowest BCUT2D eigenvalue weighted by atomic mass is 9.79. The van der Waals surface area contributed by atoms with Gasteiger partial charge >= 0.3 is 6.18 Å². The SMILES string of the molecule is CN(C)[C@H](CNC(=O)C[C@@H](c1ccccc1F)C1(C(F)(F)F)CC1)Cc1ccc(C(N)=O)c(F)c1. The zero-order valence-electron chi connectivity index (χ0n) is 19.5. The van der Waals surface area contributed by atoms with E-state index in [4.69, 9.17) is 5.73 Å². The molecular weight excluding hydrogens is 469 g/mol. The molecule has 10 heteroatoms. The number of halogens is 5. The quantitative estimate of drug-likeness (QED) is 0.484. The van der Waals surface area contributed by atoms with E-state index in [0.29, 0.717) is 12.0 Å². The number of primary amides is 1. The Hall–Kier alpha value is -3.01. The first-order valence-electron chi connectivity index (χ1n) is 11.2. The van der Waals surface area contributed by atoms with Gasteiger partial charge in [-0.2, -0.15) is 13.2 Å². The van der Waals surface area contributed by atoms with E-state index in [-0.39, 0.29) is 36.6 Å². The Bertz CT molecular complexity index is 1080. The molecule has 0 bridgehead atoms. The first-order chi connectivity index (χ1) is 16.4. The van der Waals surface area contributed by atoms with E-state index < -0.39 is 47.4 Å². The molecule has 2 amide bonds. The van der Waals surface area contributed by atoms with Gasteiger partial charge in [0.05, 0.1) is 11.0 Å². The number of carbonyl (C=O) groups excluding carboxylic acids is 2. The summed E-state index contributed by atoms with van der Waals surface area (Å²) in [6.45, 7) is 0.0774. The number of benzene rings is 2. The molecule has 2 aromatic carbocycles. The van der Waals surface area contributed by atoms with Gasteiger partial charge in [0, 0.05) is 24.9 Å². The van der Waals surface area contributed by atoms with Gasteiger partial charge in [-0.3, -0.25) is 9.59 Å². The van der Waals surface area contributed by atoms with Crippen molar-refractivity contribution in [3.8, 4) is 0 Å². The van der Waals surface area contributed by atoms with Crippen LogP contribution in [0.5, 0.6) is 0 Å². The predicted molar refractivity (Wildman–Crippen MR) is 121 cm³/mol. The van der Waals surface area contributed by atoms with Crippen LogP contribution in [0, 0.1) is 17.0 Å². The predicted octanol–water partition coefficient (Wildman–Crippen LogP) is 4.17. The summed E-state index contributed by atoms with van der Waals surface area (Å²) in [5, 5.41) is 2.66. The molecule has 0 unspecified atom stereocenters. The van der Waals surface area contributed by atoms with Crippen molar-refractivity contribution in [3.05, 3.63) is 70.8 Å². The maximum absolute atomic E-state index is 14.4. The van der Waals surface area contributed by atoms with Crippen LogP contribution in [-0.2, 0) is 11.2 Å². The number of hydrogen-bond donors (Lipinski definition) is 2. The maximum Gasteiger partial charge on any atom is 0.395 e. The Kier molecular flexibility index (Phi) is 7.83. The topological polar surface area (TPSA) is 75.4 Å². The zero-order valence-corrected chi connectivity index (χ0v) is 19.5. The van der Waals surface area contributed by atoms with E-state index in [9.17, 15) is 31.5 Å². The molecule has 0 radical (unpaired) electrons. The molecule has 190 valence electrons.